The first-order valence-corrected chi connectivity index (χ1v) is 8.18. The Morgan fingerprint density at radius 2 is 1.62 bits per heavy atom. The molecule has 0 saturated carbocycles. The first-order valence-electron chi connectivity index (χ1n) is 7.43. The highest BCUT2D eigenvalue weighted by Gasteiger charge is 2.20. The minimum Gasteiger partial charge on any atom is -0.350 e. The molecule has 0 spiro atoms. The number of nitrogens with zero attached hydrogens (tertiary/aromatic N) is 1. The van der Waals surface area contributed by atoms with Crippen molar-refractivity contribution in [3.63, 3.8) is 0 Å². The topological polar surface area (TPSA) is 49.4 Å². The van der Waals surface area contributed by atoms with Gasteiger partial charge in [0.2, 0.25) is 11.8 Å². The fourth-order valence-corrected chi connectivity index (χ4v) is 2.80. The van der Waals surface area contributed by atoms with E-state index in [2.05, 4.69) is 5.32 Å². The minimum atomic E-state index is -0.310. The number of anilines is 1. The van der Waals surface area contributed by atoms with Crippen LogP contribution in [-0.2, 0) is 16.1 Å². The van der Waals surface area contributed by atoms with E-state index in [1.807, 2.05) is 31.2 Å². The Balaban J connectivity index is 2.06. The normalized spacial score (nSPS) is 10.3. The second-order valence-electron chi connectivity index (χ2n) is 5.44. The molecule has 0 fully saturated rings. The third-order valence-electron chi connectivity index (χ3n) is 3.50. The van der Waals surface area contributed by atoms with Crippen LogP contribution in [0.15, 0.2) is 42.5 Å². The highest BCUT2D eigenvalue weighted by Crippen LogP contribution is 2.33. The number of hydrogen-bond donors (Lipinski definition) is 1. The van der Waals surface area contributed by atoms with Gasteiger partial charge in [-0.05, 0) is 24.6 Å². The van der Waals surface area contributed by atoms with Crippen molar-refractivity contribution in [3.8, 4) is 0 Å². The highest BCUT2D eigenvalue weighted by atomic mass is 35.5. The summed E-state index contributed by atoms with van der Waals surface area (Å²) in [5, 5.41) is 3.44. The van der Waals surface area contributed by atoms with Crippen molar-refractivity contribution in [2.24, 2.45) is 0 Å². The van der Waals surface area contributed by atoms with Gasteiger partial charge in [0.1, 0.15) is 6.54 Å². The Hall–Kier alpha value is -2.04. The highest BCUT2D eigenvalue weighted by molar-refractivity contribution is 6.40. The summed E-state index contributed by atoms with van der Waals surface area (Å²) in [5.41, 5.74) is 2.49. The Morgan fingerprint density at radius 3 is 2.17 bits per heavy atom. The number of hydrogen-bond acceptors (Lipinski definition) is 2. The van der Waals surface area contributed by atoms with Crippen molar-refractivity contribution < 1.29 is 9.59 Å². The van der Waals surface area contributed by atoms with Gasteiger partial charge in [-0.25, -0.2) is 0 Å². The predicted molar refractivity (Wildman–Crippen MR) is 97.5 cm³/mol. The summed E-state index contributed by atoms with van der Waals surface area (Å²) >= 11 is 12.3. The molecule has 0 radical (unpaired) electrons. The van der Waals surface area contributed by atoms with Gasteiger partial charge in [-0.1, -0.05) is 59.1 Å². The number of halogens is 2. The number of rotatable bonds is 5. The average molecular weight is 365 g/mol. The van der Waals surface area contributed by atoms with E-state index in [1.165, 1.54) is 11.8 Å². The zero-order chi connectivity index (χ0) is 17.7. The Labute approximate surface area is 151 Å². The second kappa shape index (κ2) is 8.18. The summed E-state index contributed by atoms with van der Waals surface area (Å²) in [6.07, 6.45) is 0. The van der Waals surface area contributed by atoms with Crippen LogP contribution in [0.3, 0.4) is 0 Å². The summed E-state index contributed by atoms with van der Waals surface area (Å²) in [7, 11) is 0. The number of amides is 2. The van der Waals surface area contributed by atoms with Gasteiger partial charge in [0.15, 0.2) is 0 Å². The van der Waals surface area contributed by atoms with Crippen molar-refractivity contribution in [3.05, 3.63) is 63.6 Å². The maximum Gasteiger partial charge on any atom is 0.240 e. The SMILES string of the molecule is CC(=O)N(CC(=O)NCc1ccc(C)cc1)c1c(Cl)cccc1Cl. The van der Waals surface area contributed by atoms with Gasteiger partial charge >= 0.3 is 0 Å². The van der Waals surface area contributed by atoms with Gasteiger partial charge in [-0.3, -0.25) is 9.59 Å². The first-order chi connectivity index (χ1) is 11.4. The van der Waals surface area contributed by atoms with E-state index in [9.17, 15) is 9.59 Å². The van der Waals surface area contributed by atoms with Crippen LogP contribution in [0.25, 0.3) is 0 Å². The second-order valence-corrected chi connectivity index (χ2v) is 6.25. The van der Waals surface area contributed by atoms with Crippen LogP contribution in [0.5, 0.6) is 0 Å². The molecule has 2 rings (SSSR count). The number of carbonyl (C=O) groups excluding carboxylic acids is 2. The lowest BCUT2D eigenvalue weighted by Gasteiger charge is -2.23. The fourth-order valence-electron chi connectivity index (χ4n) is 2.20. The molecule has 0 atom stereocenters. The first kappa shape index (κ1) is 18.3. The molecule has 1 N–H and O–H groups in total. The lowest BCUT2D eigenvalue weighted by molar-refractivity contribution is -0.123. The largest absolute Gasteiger partial charge is 0.350 e. The molecular formula is C18H18Cl2N2O2. The number of carbonyl (C=O) groups is 2. The Morgan fingerprint density at radius 1 is 1.04 bits per heavy atom. The summed E-state index contributed by atoms with van der Waals surface area (Å²) in [5.74, 6) is -0.600. The Kier molecular flexibility index (Phi) is 6.23. The van der Waals surface area contributed by atoms with E-state index < -0.39 is 0 Å². The fraction of sp³-hybridized carbons (Fsp3) is 0.222. The molecule has 0 saturated heterocycles. The molecule has 0 aliphatic carbocycles. The van der Waals surface area contributed by atoms with Crippen molar-refractivity contribution in [2.75, 3.05) is 11.4 Å². The maximum absolute atomic E-state index is 12.2. The molecule has 24 heavy (non-hydrogen) atoms. The van der Waals surface area contributed by atoms with Crippen LogP contribution >= 0.6 is 23.2 Å². The number of aryl methyl sites for hydroxylation is 1. The molecule has 0 aliphatic rings. The summed E-state index contributed by atoms with van der Waals surface area (Å²) in [6, 6.07) is 12.8. The van der Waals surface area contributed by atoms with E-state index in [-0.39, 0.29) is 18.4 Å². The van der Waals surface area contributed by atoms with Gasteiger partial charge < -0.3 is 10.2 Å². The van der Waals surface area contributed by atoms with Crippen LogP contribution in [0.1, 0.15) is 18.1 Å². The summed E-state index contributed by atoms with van der Waals surface area (Å²) in [6.45, 7) is 3.61. The molecule has 4 nitrogen and oxygen atoms in total. The van der Waals surface area contributed by atoms with Crippen LogP contribution < -0.4 is 10.2 Å². The van der Waals surface area contributed by atoms with Gasteiger partial charge in [-0.15, -0.1) is 0 Å². The maximum atomic E-state index is 12.2. The van der Waals surface area contributed by atoms with Gasteiger partial charge in [0.05, 0.1) is 15.7 Å². The smallest absolute Gasteiger partial charge is 0.240 e. The van der Waals surface area contributed by atoms with E-state index in [1.54, 1.807) is 18.2 Å². The zero-order valence-corrected chi connectivity index (χ0v) is 15.0. The quantitative estimate of drug-likeness (QED) is 0.872. The number of nitrogens with one attached hydrogen (secondary N) is 1. The lowest BCUT2D eigenvalue weighted by Crippen LogP contribution is -2.39. The van der Waals surface area contributed by atoms with Gasteiger partial charge in [-0.2, -0.15) is 0 Å². The van der Waals surface area contributed by atoms with E-state index >= 15 is 0 Å². The third kappa shape index (κ3) is 4.73. The molecule has 6 heteroatoms. The molecule has 0 aromatic heterocycles. The molecular weight excluding hydrogens is 347 g/mol. The standard InChI is InChI=1S/C18H18Cl2N2O2/c1-12-6-8-14(9-7-12)10-21-17(24)11-22(13(2)23)18-15(19)4-3-5-16(18)20/h3-9H,10-11H2,1-2H3,(H,21,24). The molecule has 2 aromatic carbocycles. The molecule has 0 unspecified atom stereocenters. The number of benzene rings is 2. The van der Waals surface area contributed by atoms with E-state index in [0.717, 1.165) is 11.1 Å². The minimum absolute atomic E-state index is 0.148. The summed E-state index contributed by atoms with van der Waals surface area (Å²) in [4.78, 5) is 25.4. The van der Waals surface area contributed by atoms with Crippen LogP contribution in [0.2, 0.25) is 10.0 Å². The molecule has 2 aromatic rings. The van der Waals surface area contributed by atoms with Crippen molar-refractivity contribution in [2.45, 2.75) is 20.4 Å². The zero-order valence-electron chi connectivity index (χ0n) is 13.5. The predicted octanol–water partition coefficient (Wildman–Crippen LogP) is 3.97. The van der Waals surface area contributed by atoms with E-state index in [4.69, 9.17) is 23.2 Å². The lowest BCUT2D eigenvalue weighted by atomic mass is 10.1. The molecule has 0 heterocycles. The van der Waals surface area contributed by atoms with Crippen LogP contribution in [0, 0.1) is 6.92 Å². The summed E-state index contributed by atoms with van der Waals surface area (Å²) < 4.78 is 0. The van der Waals surface area contributed by atoms with Crippen molar-refractivity contribution >= 4 is 40.7 Å². The van der Waals surface area contributed by atoms with Crippen LogP contribution in [0.4, 0.5) is 5.69 Å². The van der Waals surface area contributed by atoms with Crippen LogP contribution in [-0.4, -0.2) is 18.4 Å². The molecule has 2 amide bonds. The van der Waals surface area contributed by atoms with Gasteiger partial charge in [0.25, 0.3) is 0 Å². The van der Waals surface area contributed by atoms with E-state index in [0.29, 0.717) is 22.3 Å². The van der Waals surface area contributed by atoms with Crippen molar-refractivity contribution in [1.29, 1.82) is 0 Å². The van der Waals surface area contributed by atoms with Crippen molar-refractivity contribution in [1.82, 2.24) is 5.32 Å². The van der Waals surface area contributed by atoms with Gasteiger partial charge in [0, 0.05) is 13.5 Å². The Bertz CT molecular complexity index is 725. The number of para-hydroxylation sites is 1. The third-order valence-corrected chi connectivity index (χ3v) is 4.11. The molecule has 126 valence electrons. The monoisotopic (exact) mass is 364 g/mol. The molecule has 0 bridgehead atoms. The molecule has 0 aliphatic heterocycles. The average Bonchev–Trinajstić information content (AvgIpc) is 2.53.